The average molecular weight is 290 g/mol. The molecule has 0 spiro atoms. The molecule has 1 heterocycles. The summed E-state index contributed by atoms with van der Waals surface area (Å²) in [7, 11) is 0. The molecule has 0 saturated carbocycles. The summed E-state index contributed by atoms with van der Waals surface area (Å²) in [6, 6.07) is 5.54. The van der Waals surface area contributed by atoms with Crippen molar-refractivity contribution in [3.63, 3.8) is 0 Å². The summed E-state index contributed by atoms with van der Waals surface area (Å²) >= 11 is 0. The van der Waals surface area contributed by atoms with Gasteiger partial charge in [0.15, 0.2) is 0 Å². The maximum Gasteiger partial charge on any atom is 0.316 e. The monoisotopic (exact) mass is 290 g/mol. The van der Waals surface area contributed by atoms with Crippen LogP contribution in [0, 0.1) is 12.8 Å². The van der Waals surface area contributed by atoms with Crippen LogP contribution in [0.3, 0.4) is 0 Å². The lowest BCUT2D eigenvalue weighted by Crippen LogP contribution is -2.47. The van der Waals surface area contributed by atoms with Crippen molar-refractivity contribution in [2.24, 2.45) is 5.92 Å². The van der Waals surface area contributed by atoms with Gasteiger partial charge in [-0.15, -0.1) is 0 Å². The Kier molecular flexibility index (Phi) is 4.63. The highest BCUT2D eigenvalue weighted by molar-refractivity contribution is 6.40. The third-order valence-corrected chi connectivity index (χ3v) is 4.20. The molecule has 1 aromatic carbocycles. The molecule has 114 valence electrons. The Bertz CT molecular complexity index is 556. The number of hydrogen-bond acceptors (Lipinski definition) is 3. The summed E-state index contributed by atoms with van der Waals surface area (Å²) in [5.41, 5.74) is 3.11. The number of fused-ring (bicyclic) bond motifs is 1. The maximum absolute atomic E-state index is 12.3. The van der Waals surface area contributed by atoms with Gasteiger partial charge in [-0.2, -0.15) is 0 Å². The van der Waals surface area contributed by atoms with Crippen LogP contribution >= 0.6 is 0 Å². The van der Waals surface area contributed by atoms with Crippen LogP contribution in [0.1, 0.15) is 25.0 Å². The van der Waals surface area contributed by atoms with E-state index in [1.165, 1.54) is 4.90 Å². The molecular weight excluding hydrogens is 268 g/mol. The van der Waals surface area contributed by atoms with Gasteiger partial charge in [0.1, 0.15) is 0 Å². The third-order valence-electron chi connectivity index (χ3n) is 4.20. The summed E-state index contributed by atoms with van der Waals surface area (Å²) in [5, 5.41) is 11.7. The second kappa shape index (κ2) is 6.26. The highest BCUT2D eigenvalue weighted by atomic mass is 16.3. The van der Waals surface area contributed by atoms with Crippen molar-refractivity contribution in [3.8, 4) is 0 Å². The van der Waals surface area contributed by atoms with Crippen LogP contribution in [0.25, 0.3) is 0 Å². The van der Waals surface area contributed by atoms with E-state index in [9.17, 15) is 9.59 Å². The van der Waals surface area contributed by atoms with Gasteiger partial charge in [-0.05, 0) is 43.4 Å². The summed E-state index contributed by atoms with van der Waals surface area (Å²) in [5.74, 6) is -1.23. The molecule has 2 N–H and O–H groups in total. The van der Waals surface area contributed by atoms with Crippen molar-refractivity contribution in [3.05, 3.63) is 29.3 Å². The molecule has 0 aliphatic carbocycles. The molecule has 1 aliphatic rings. The van der Waals surface area contributed by atoms with E-state index in [0.29, 0.717) is 6.54 Å². The molecule has 21 heavy (non-hydrogen) atoms. The molecule has 0 radical (unpaired) electrons. The highest BCUT2D eigenvalue weighted by Crippen LogP contribution is 2.30. The van der Waals surface area contributed by atoms with Crippen LogP contribution in [0.2, 0.25) is 0 Å². The van der Waals surface area contributed by atoms with Crippen LogP contribution in [0.4, 0.5) is 5.69 Å². The second-order valence-corrected chi connectivity index (χ2v) is 5.70. The van der Waals surface area contributed by atoms with Crippen molar-refractivity contribution < 1.29 is 14.7 Å². The Labute approximate surface area is 125 Å². The lowest BCUT2D eigenvalue weighted by atomic mass is 10.1. The molecule has 0 bridgehead atoms. The van der Waals surface area contributed by atoms with Gasteiger partial charge < -0.3 is 15.3 Å². The number of aliphatic hydroxyl groups excluding tert-OH is 1. The van der Waals surface area contributed by atoms with Gasteiger partial charge in [-0.1, -0.05) is 19.1 Å². The topological polar surface area (TPSA) is 69.6 Å². The van der Waals surface area contributed by atoms with Crippen molar-refractivity contribution in [1.29, 1.82) is 0 Å². The lowest BCUT2D eigenvalue weighted by Gasteiger charge is -2.21. The van der Waals surface area contributed by atoms with E-state index >= 15 is 0 Å². The van der Waals surface area contributed by atoms with E-state index in [-0.39, 0.29) is 18.6 Å². The van der Waals surface area contributed by atoms with Gasteiger partial charge in [0, 0.05) is 24.9 Å². The SMILES string of the molecule is Cc1cccc2c1CCN2C(=O)C(=O)NC(C)C(C)CO. The zero-order valence-corrected chi connectivity index (χ0v) is 12.7. The Morgan fingerprint density at radius 3 is 2.76 bits per heavy atom. The number of rotatable bonds is 3. The minimum absolute atomic E-state index is 0.0264. The van der Waals surface area contributed by atoms with E-state index < -0.39 is 11.8 Å². The lowest BCUT2D eigenvalue weighted by molar-refractivity contribution is -0.138. The molecule has 0 saturated heterocycles. The molecule has 5 heteroatoms. The van der Waals surface area contributed by atoms with E-state index in [0.717, 1.165) is 23.2 Å². The summed E-state index contributed by atoms with van der Waals surface area (Å²) in [6.45, 7) is 6.13. The molecule has 0 aromatic heterocycles. The molecule has 2 rings (SSSR count). The van der Waals surface area contributed by atoms with Gasteiger partial charge >= 0.3 is 11.8 Å². The number of nitrogens with zero attached hydrogens (tertiary/aromatic N) is 1. The van der Waals surface area contributed by atoms with Gasteiger partial charge in [-0.25, -0.2) is 0 Å². The minimum atomic E-state index is -0.614. The van der Waals surface area contributed by atoms with Crippen molar-refractivity contribution >= 4 is 17.5 Å². The number of benzene rings is 1. The van der Waals surface area contributed by atoms with Crippen LogP contribution in [0.15, 0.2) is 18.2 Å². The number of aryl methyl sites for hydroxylation is 1. The summed E-state index contributed by atoms with van der Waals surface area (Å²) in [6.07, 6.45) is 0.781. The van der Waals surface area contributed by atoms with E-state index in [2.05, 4.69) is 5.32 Å². The molecule has 1 aliphatic heterocycles. The maximum atomic E-state index is 12.3. The van der Waals surface area contributed by atoms with Gasteiger partial charge in [0.2, 0.25) is 0 Å². The Morgan fingerprint density at radius 1 is 1.38 bits per heavy atom. The predicted molar refractivity (Wildman–Crippen MR) is 81.1 cm³/mol. The van der Waals surface area contributed by atoms with Gasteiger partial charge in [0.05, 0.1) is 0 Å². The molecule has 0 fully saturated rings. The van der Waals surface area contributed by atoms with Crippen molar-refractivity contribution in [2.45, 2.75) is 33.2 Å². The normalized spacial score (nSPS) is 16.3. The first kappa shape index (κ1) is 15.5. The van der Waals surface area contributed by atoms with E-state index in [4.69, 9.17) is 5.11 Å². The fourth-order valence-corrected chi connectivity index (χ4v) is 2.51. The molecular formula is C16H22N2O3. The largest absolute Gasteiger partial charge is 0.396 e. The van der Waals surface area contributed by atoms with Crippen LogP contribution in [-0.4, -0.2) is 36.1 Å². The Morgan fingerprint density at radius 2 is 2.10 bits per heavy atom. The first-order valence-electron chi connectivity index (χ1n) is 7.27. The number of carbonyl (C=O) groups is 2. The van der Waals surface area contributed by atoms with Crippen molar-refractivity contribution in [1.82, 2.24) is 5.32 Å². The van der Waals surface area contributed by atoms with E-state index in [1.54, 1.807) is 6.92 Å². The van der Waals surface area contributed by atoms with E-state index in [1.807, 2.05) is 32.0 Å². The number of anilines is 1. The van der Waals surface area contributed by atoms with Gasteiger partial charge in [-0.3, -0.25) is 9.59 Å². The quantitative estimate of drug-likeness (QED) is 0.817. The Hall–Kier alpha value is -1.88. The van der Waals surface area contributed by atoms with Crippen LogP contribution < -0.4 is 10.2 Å². The summed E-state index contributed by atoms with van der Waals surface area (Å²) in [4.78, 5) is 25.9. The summed E-state index contributed by atoms with van der Waals surface area (Å²) < 4.78 is 0. The zero-order valence-electron chi connectivity index (χ0n) is 12.7. The Balaban J connectivity index is 2.09. The number of amides is 2. The fraction of sp³-hybridized carbons (Fsp3) is 0.500. The number of nitrogens with one attached hydrogen (secondary N) is 1. The third kappa shape index (κ3) is 3.08. The first-order valence-corrected chi connectivity index (χ1v) is 7.27. The molecule has 2 unspecified atom stereocenters. The molecule has 1 aromatic rings. The van der Waals surface area contributed by atoms with Gasteiger partial charge in [0.25, 0.3) is 0 Å². The fourth-order valence-electron chi connectivity index (χ4n) is 2.51. The smallest absolute Gasteiger partial charge is 0.316 e. The highest BCUT2D eigenvalue weighted by Gasteiger charge is 2.30. The zero-order chi connectivity index (χ0) is 15.6. The first-order chi connectivity index (χ1) is 9.95. The molecule has 2 atom stereocenters. The second-order valence-electron chi connectivity index (χ2n) is 5.70. The molecule has 2 amide bonds. The number of aliphatic hydroxyl groups is 1. The van der Waals surface area contributed by atoms with Crippen molar-refractivity contribution in [2.75, 3.05) is 18.1 Å². The van der Waals surface area contributed by atoms with Crippen LogP contribution in [0.5, 0.6) is 0 Å². The average Bonchev–Trinajstić information content (AvgIpc) is 2.90. The predicted octanol–water partition coefficient (Wildman–Crippen LogP) is 1.02. The number of hydrogen-bond donors (Lipinski definition) is 2. The number of carbonyl (C=O) groups excluding carboxylic acids is 2. The molecule has 5 nitrogen and oxygen atoms in total. The van der Waals surface area contributed by atoms with Crippen LogP contribution in [-0.2, 0) is 16.0 Å². The minimum Gasteiger partial charge on any atom is -0.396 e. The standard InChI is InChI=1S/C16H22N2O3/c1-10-5-4-6-14-13(10)7-8-18(14)16(21)15(20)17-12(3)11(2)9-19/h4-6,11-12,19H,7-9H2,1-3H3,(H,17,20).